The van der Waals surface area contributed by atoms with E-state index in [0.29, 0.717) is 49.1 Å². The minimum absolute atomic E-state index is 0.0841. The van der Waals surface area contributed by atoms with Gasteiger partial charge >= 0.3 is 5.97 Å². The molecule has 1 atom stereocenters. The SMILES string of the molecule is CCOC(=O)C1CCCN(C(=O)CCCSc2nnc(-c3ccccc3Cl)n2-c2ccccc2)C1. The number of ether oxygens (including phenoxy) is 1. The van der Waals surface area contributed by atoms with E-state index in [4.69, 9.17) is 16.3 Å². The number of hydrogen-bond donors (Lipinski definition) is 0. The zero-order valence-electron chi connectivity index (χ0n) is 19.7. The van der Waals surface area contributed by atoms with Gasteiger partial charge in [0.2, 0.25) is 5.91 Å². The van der Waals surface area contributed by atoms with Crippen molar-refractivity contribution in [2.75, 3.05) is 25.4 Å². The van der Waals surface area contributed by atoms with Gasteiger partial charge in [0.1, 0.15) is 0 Å². The third kappa shape index (κ3) is 6.24. The molecule has 2 heterocycles. The van der Waals surface area contributed by atoms with Crippen molar-refractivity contribution in [1.82, 2.24) is 19.7 Å². The molecule has 1 aliphatic heterocycles. The lowest BCUT2D eigenvalue weighted by Crippen LogP contribution is -2.42. The first-order valence-corrected chi connectivity index (χ1v) is 13.3. The summed E-state index contributed by atoms with van der Waals surface area (Å²) in [7, 11) is 0. The third-order valence-corrected chi connectivity index (χ3v) is 7.27. The van der Waals surface area contributed by atoms with Crippen molar-refractivity contribution in [2.24, 2.45) is 5.92 Å². The van der Waals surface area contributed by atoms with Crippen LogP contribution in [0.5, 0.6) is 0 Å². The lowest BCUT2D eigenvalue weighted by Gasteiger charge is -2.31. The quantitative estimate of drug-likeness (QED) is 0.221. The Morgan fingerprint density at radius 3 is 2.66 bits per heavy atom. The molecule has 3 aromatic rings. The second-order valence-electron chi connectivity index (χ2n) is 8.34. The number of benzene rings is 2. The molecule has 1 unspecified atom stereocenters. The van der Waals surface area contributed by atoms with E-state index in [1.807, 2.05) is 59.2 Å². The van der Waals surface area contributed by atoms with Crippen LogP contribution in [-0.2, 0) is 14.3 Å². The summed E-state index contributed by atoms with van der Waals surface area (Å²) < 4.78 is 7.14. The maximum absolute atomic E-state index is 12.8. The summed E-state index contributed by atoms with van der Waals surface area (Å²) in [5, 5.41) is 10.2. The summed E-state index contributed by atoms with van der Waals surface area (Å²) >= 11 is 8.02. The van der Waals surface area contributed by atoms with Crippen molar-refractivity contribution in [3.8, 4) is 17.1 Å². The fourth-order valence-corrected chi connectivity index (χ4v) is 5.30. The molecule has 0 aliphatic carbocycles. The van der Waals surface area contributed by atoms with Gasteiger partial charge in [-0.25, -0.2) is 0 Å². The van der Waals surface area contributed by atoms with Crippen LogP contribution in [0.15, 0.2) is 59.8 Å². The van der Waals surface area contributed by atoms with Crippen molar-refractivity contribution < 1.29 is 14.3 Å². The Morgan fingerprint density at radius 2 is 1.89 bits per heavy atom. The molecule has 35 heavy (non-hydrogen) atoms. The molecule has 1 fully saturated rings. The highest BCUT2D eigenvalue weighted by Crippen LogP contribution is 2.32. The summed E-state index contributed by atoms with van der Waals surface area (Å²) in [4.78, 5) is 26.6. The van der Waals surface area contributed by atoms with Crippen molar-refractivity contribution >= 4 is 35.2 Å². The van der Waals surface area contributed by atoms with Crippen molar-refractivity contribution in [2.45, 2.75) is 37.8 Å². The van der Waals surface area contributed by atoms with Crippen LogP contribution in [0.1, 0.15) is 32.6 Å². The van der Waals surface area contributed by atoms with Crippen LogP contribution in [0.25, 0.3) is 17.1 Å². The number of amides is 1. The number of halogens is 1. The van der Waals surface area contributed by atoms with E-state index in [1.165, 1.54) is 0 Å². The second-order valence-corrected chi connectivity index (χ2v) is 9.81. The number of carbonyl (C=O) groups excluding carboxylic acids is 2. The minimum Gasteiger partial charge on any atom is -0.466 e. The van der Waals surface area contributed by atoms with E-state index >= 15 is 0 Å². The average molecular weight is 513 g/mol. The Balaban J connectivity index is 1.39. The average Bonchev–Trinajstić information content (AvgIpc) is 3.31. The molecule has 184 valence electrons. The Kier molecular flexibility index (Phi) is 8.82. The van der Waals surface area contributed by atoms with Gasteiger partial charge in [-0.3, -0.25) is 14.2 Å². The van der Waals surface area contributed by atoms with E-state index < -0.39 is 0 Å². The molecule has 0 radical (unpaired) electrons. The Labute approximate surface area is 214 Å². The zero-order valence-corrected chi connectivity index (χ0v) is 21.3. The van der Waals surface area contributed by atoms with Crippen molar-refractivity contribution in [3.05, 3.63) is 59.6 Å². The maximum atomic E-state index is 12.8. The standard InChI is InChI=1S/C26H29ClN4O3S/c1-2-34-25(33)19-10-8-16-30(18-19)23(32)15-9-17-35-26-29-28-24(21-13-6-7-14-22(21)27)31(26)20-11-4-3-5-12-20/h3-7,11-14,19H,2,8-10,15-18H2,1H3. The number of hydrogen-bond acceptors (Lipinski definition) is 6. The summed E-state index contributed by atoms with van der Waals surface area (Å²) in [5.74, 6) is 1.07. The minimum atomic E-state index is -0.213. The van der Waals surface area contributed by atoms with E-state index in [-0.39, 0.29) is 17.8 Å². The van der Waals surface area contributed by atoms with E-state index in [0.717, 1.165) is 29.2 Å². The van der Waals surface area contributed by atoms with Gasteiger partial charge in [0.05, 0.1) is 17.5 Å². The van der Waals surface area contributed by atoms with Crippen LogP contribution in [0.2, 0.25) is 5.02 Å². The lowest BCUT2D eigenvalue weighted by molar-refractivity contribution is -0.151. The van der Waals surface area contributed by atoms with Crippen LogP contribution >= 0.6 is 23.4 Å². The molecular weight excluding hydrogens is 484 g/mol. The van der Waals surface area contributed by atoms with Crippen LogP contribution in [0, 0.1) is 5.92 Å². The molecule has 9 heteroatoms. The van der Waals surface area contributed by atoms with E-state index in [9.17, 15) is 9.59 Å². The fourth-order valence-electron chi connectivity index (χ4n) is 4.19. The molecule has 0 saturated carbocycles. The number of nitrogens with zero attached hydrogens (tertiary/aromatic N) is 4. The van der Waals surface area contributed by atoms with Gasteiger partial charge in [0.25, 0.3) is 0 Å². The van der Waals surface area contributed by atoms with Gasteiger partial charge in [-0.2, -0.15) is 0 Å². The highest BCUT2D eigenvalue weighted by atomic mass is 35.5. The van der Waals surface area contributed by atoms with Crippen molar-refractivity contribution in [3.63, 3.8) is 0 Å². The summed E-state index contributed by atoms with van der Waals surface area (Å²) in [6.07, 6.45) is 2.74. The van der Waals surface area contributed by atoms with Gasteiger partial charge in [0, 0.05) is 36.5 Å². The molecule has 4 rings (SSSR count). The molecular formula is C26H29ClN4O3S. The van der Waals surface area contributed by atoms with Crippen LogP contribution in [0.4, 0.5) is 0 Å². The fraction of sp³-hybridized carbons (Fsp3) is 0.385. The molecule has 1 aromatic heterocycles. The van der Waals surface area contributed by atoms with Crippen LogP contribution < -0.4 is 0 Å². The summed E-state index contributed by atoms with van der Waals surface area (Å²) in [6.45, 7) is 3.32. The molecule has 2 aromatic carbocycles. The van der Waals surface area contributed by atoms with E-state index in [1.54, 1.807) is 23.6 Å². The highest BCUT2D eigenvalue weighted by molar-refractivity contribution is 7.99. The predicted octanol–water partition coefficient (Wildman–Crippen LogP) is 5.26. The summed E-state index contributed by atoms with van der Waals surface area (Å²) in [5.41, 5.74) is 1.76. The first kappa shape index (κ1) is 25.3. The third-order valence-electron chi connectivity index (χ3n) is 5.92. The van der Waals surface area contributed by atoms with Gasteiger partial charge in [-0.15, -0.1) is 10.2 Å². The Bertz CT molecular complexity index is 1150. The smallest absolute Gasteiger partial charge is 0.310 e. The molecule has 7 nitrogen and oxygen atoms in total. The van der Waals surface area contributed by atoms with Crippen LogP contribution in [-0.4, -0.2) is 57.0 Å². The highest BCUT2D eigenvalue weighted by Gasteiger charge is 2.29. The van der Waals surface area contributed by atoms with Gasteiger partial charge in [0.15, 0.2) is 11.0 Å². The number of rotatable bonds is 9. The monoisotopic (exact) mass is 512 g/mol. The number of esters is 1. The molecule has 1 amide bonds. The number of likely N-dealkylation sites (tertiary alicyclic amines) is 1. The summed E-state index contributed by atoms with van der Waals surface area (Å²) in [6, 6.07) is 17.5. The number of aromatic nitrogens is 3. The first-order valence-electron chi connectivity index (χ1n) is 11.9. The second kappa shape index (κ2) is 12.2. The molecule has 0 N–H and O–H groups in total. The number of para-hydroxylation sites is 1. The number of piperidine rings is 1. The first-order chi connectivity index (χ1) is 17.1. The molecule has 0 bridgehead atoms. The number of thioether (sulfide) groups is 1. The molecule has 0 spiro atoms. The van der Waals surface area contributed by atoms with Crippen molar-refractivity contribution in [1.29, 1.82) is 0 Å². The van der Waals surface area contributed by atoms with Gasteiger partial charge < -0.3 is 9.64 Å². The lowest BCUT2D eigenvalue weighted by atomic mass is 9.98. The van der Waals surface area contributed by atoms with E-state index in [2.05, 4.69) is 10.2 Å². The Morgan fingerprint density at radius 1 is 1.11 bits per heavy atom. The van der Waals surface area contributed by atoms with Crippen LogP contribution in [0.3, 0.4) is 0 Å². The van der Waals surface area contributed by atoms with Gasteiger partial charge in [-0.1, -0.05) is 53.7 Å². The molecule has 1 aliphatic rings. The zero-order chi connectivity index (χ0) is 24.6. The largest absolute Gasteiger partial charge is 0.466 e. The molecule has 1 saturated heterocycles. The number of carbonyl (C=O) groups is 2. The normalized spacial score (nSPS) is 15.7. The topological polar surface area (TPSA) is 77.3 Å². The Hall–Kier alpha value is -2.84. The van der Waals surface area contributed by atoms with Gasteiger partial charge in [-0.05, 0) is 50.5 Å². The predicted molar refractivity (Wildman–Crippen MR) is 138 cm³/mol. The maximum Gasteiger partial charge on any atom is 0.310 e.